The van der Waals surface area contributed by atoms with E-state index in [1.807, 2.05) is 6.08 Å². The van der Waals surface area contributed by atoms with Crippen molar-refractivity contribution in [3.8, 4) is 22.3 Å². The SMILES string of the molecule is CC1CC=C(c2ccc(-c3ccc(-c4ccc(C5CO5)c(F)c4F)cc3)c(F)c2F)CC1. The first-order valence-electron chi connectivity index (χ1n) is 10.8. The molecule has 3 aromatic carbocycles. The van der Waals surface area contributed by atoms with E-state index < -0.39 is 23.3 Å². The molecule has 0 saturated carbocycles. The number of ether oxygens (including phenoxy) is 1. The van der Waals surface area contributed by atoms with Crippen LogP contribution < -0.4 is 0 Å². The van der Waals surface area contributed by atoms with Crippen LogP contribution in [0.2, 0.25) is 0 Å². The van der Waals surface area contributed by atoms with E-state index in [1.165, 1.54) is 12.1 Å². The van der Waals surface area contributed by atoms with Crippen molar-refractivity contribution < 1.29 is 22.3 Å². The number of epoxide rings is 1. The molecule has 1 fully saturated rings. The molecule has 1 saturated heterocycles. The Hall–Kier alpha value is -2.92. The predicted octanol–water partition coefficient (Wildman–Crippen LogP) is 7.85. The zero-order valence-electron chi connectivity index (χ0n) is 17.6. The molecule has 0 spiro atoms. The van der Waals surface area contributed by atoms with Gasteiger partial charge in [0.1, 0.15) is 6.10 Å². The zero-order valence-corrected chi connectivity index (χ0v) is 17.6. The van der Waals surface area contributed by atoms with Gasteiger partial charge in [-0.3, -0.25) is 0 Å². The standard InChI is InChI=1S/C27H22F4O/c1-15-2-4-16(5-3-15)19-10-11-20(25(29)24(19)28)17-6-8-18(9-7-17)21-12-13-22(23-14-32-23)27(31)26(21)30/h4,6-13,15,23H,2-3,5,14H2,1H3. The van der Waals surface area contributed by atoms with Gasteiger partial charge in [0.25, 0.3) is 0 Å². The molecule has 2 unspecified atom stereocenters. The van der Waals surface area contributed by atoms with Crippen molar-refractivity contribution in [3.63, 3.8) is 0 Å². The topological polar surface area (TPSA) is 12.5 Å². The highest BCUT2D eigenvalue weighted by Gasteiger charge is 2.30. The number of benzene rings is 3. The van der Waals surface area contributed by atoms with Gasteiger partial charge in [0, 0.05) is 22.3 Å². The fourth-order valence-electron chi connectivity index (χ4n) is 4.32. The molecule has 1 aliphatic carbocycles. The van der Waals surface area contributed by atoms with Gasteiger partial charge in [-0.25, -0.2) is 17.6 Å². The summed E-state index contributed by atoms with van der Waals surface area (Å²) in [5, 5.41) is 0. The predicted molar refractivity (Wildman–Crippen MR) is 117 cm³/mol. The molecular formula is C27H22F4O. The normalized spacial score (nSPS) is 20.2. The minimum atomic E-state index is -0.942. The van der Waals surface area contributed by atoms with Crippen molar-refractivity contribution >= 4 is 5.57 Å². The van der Waals surface area contributed by atoms with Crippen molar-refractivity contribution in [2.45, 2.75) is 32.3 Å². The van der Waals surface area contributed by atoms with Crippen molar-refractivity contribution in [2.24, 2.45) is 5.92 Å². The van der Waals surface area contributed by atoms with Gasteiger partial charge in [0.05, 0.1) is 6.61 Å². The molecule has 0 bridgehead atoms. The lowest BCUT2D eigenvalue weighted by molar-refractivity contribution is 0.401. The van der Waals surface area contributed by atoms with Gasteiger partial charge >= 0.3 is 0 Å². The Labute approximate surface area is 184 Å². The molecule has 3 aromatic rings. The lowest BCUT2D eigenvalue weighted by Gasteiger charge is -2.19. The summed E-state index contributed by atoms with van der Waals surface area (Å²) >= 11 is 0. The molecular weight excluding hydrogens is 416 g/mol. The number of hydrogen-bond donors (Lipinski definition) is 0. The van der Waals surface area contributed by atoms with Crippen LogP contribution in [0, 0.1) is 29.2 Å². The van der Waals surface area contributed by atoms with E-state index in [0.717, 1.165) is 24.8 Å². The highest BCUT2D eigenvalue weighted by molar-refractivity contribution is 5.74. The van der Waals surface area contributed by atoms with Crippen LogP contribution in [0.3, 0.4) is 0 Å². The second-order valence-electron chi connectivity index (χ2n) is 8.63. The van der Waals surface area contributed by atoms with E-state index in [2.05, 4.69) is 6.92 Å². The van der Waals surface area contributed by atoms with Crippen LogP contribution in [0.1, 0.15) is 43.4 Å². The van der Waals surface area contributed by atoms with Crippen molar-refractivity contribution in [3.05, 3.63) is 89.0 Å². The number of halogens is 4. The van der Waals surface area contributed by atoms with E-state index in [1.54, 1.807) is 36.4 Å². The highest BCUT2D eigenvalue weighted by Crippen LogP contribution is 2.37. The Kier molecular flexibility index (Phi) is 5.38. The molecule has 0 N–H and O–H groups in total. The summed E-state index contributed by atoms with van der Waals surface area (Å²) in [6.45, 7) is 2.54. The zero-order chi connectivity index (χ0) is 22.4. The average molecular weight is 438 g/mol. The molecule has 1 aliphatic heterocycles. The summed E-state index contributed by atoms with van der Waals surface area (Å²) in [7, 11) is 0. The van der Waals surface area contributed by atoms with Gasteiger partial charge in [0.2, 0.25) is 0 Å². The second kappa shape index (κ2) is 8.21. The molecule has 2 aliphatic rings. The Morgan fingerprint density at radius 1 is 0.719 bits per heavy atom. The summed E-state index contributed by atoms with van der Waals surface area (Å²) in [5.41, 5.74) is 2.53. The fourth-order valence-corrected chi connectivity index (χ4v) is 4.32. The minimum Gasteiger partial charge on any atom is -0.368 e. The molecule has 5 rings (SSSR count). The molecule has 5 heteroatoms. The second-order valence-corrected chi connectivity index (χ2v) is 8.63. The maximum absolute atomic E-state index is 14.9. The largest absolute Gasteiger partial charge is 0.368 e. The van der Waals surface area contributed by atoms with E-state index >= 15 is 0 Å². The fraction of sp³-hybridized carbons (Fsp3) is 0.259. The molecule has 0 aromatic heterocycles. The lowest BCUT2D eigenvalue weighted by atomic mass is 9.87. The van der Waals surface area contributed by atoms with Gasteiger partial charge in [-0.05, 0) is 41.9 Å². The van der Waals surface area contributed by atoms with Crippen LogP contribution >= 0.6 is 0 Å². The van der Waals surface area contributed by atoms with E-state index in [-0.39, 0.29) is 22.8 Å². The van der Waals surface area contributed by atoms with Crippen molar-refractivity contribution in [1.82, 2.24) is 0 Å². The van der Waals surface area contributed by atoms with Crippen molar-refractivity contribution in [2.75, 3.05) is 6.61 Å². The monoisotopic (exact) mass is 438 g/mol. The third kappa shape index (κ3) is 3.75. The third-order valence-corrected chi connectivity index (χ3v) is 6.40. The van der Waals surface area contributed by atoms with Gasteiger partial charge in [-0.15, -0.1) is 0 Å². The molecule has 2 atom stereocenters. The molecule has 1 heterocycles. The highest BCUT2D eigenvalue weighted by atomic mass is 19.2. The summed E-state index contributed by atoms with van der Waals surface area (Å²) in [6.07, 6.45) is 4.18. The van der Waals surface area contributed by atoms with Crippen LogP contribution in [-0.2, 0) is 4.74 Å². The molecule has 164 valence electrons. The van der Waals surface area contributed by atoms with Gasteiger partial charge in [-0.1, -0.05) is 61.5 Å². The average Bonchev–Trinajstić information content (AvgIpc) is 3.64. The van der Waals surface area contributed by atoms with E-state index in [4.69, 9.17) is 4.74 Å². The summed E-state index contributed by atoms with van der Waals surface area (Å²) in [5.74, 6) is -3.05. The van der Waals surface area contributed by atoms with Crippen LogP contribution in [-0.4, -0.2) is 6.61 Å². The number of rotatable bonds is 4. The lowest BCUT2D eigenvalue weighted by Crippen LogP contribution is -2.04. The molecule has 32 heavy (non-hydrogen) atoms. The summed E-state index contributed by atoms with van der Waals surface area (Å²) < 4.78 is 63.7. The first kappa shape index (κ1) is 21.0. The molecule has 1 nitrogen and oxygen atoms in total. The summed E-state index contributed by atoms with van der Waals surface area (Å²) in [6, 6.07) is 12.6. The number of allylic oxidation sites excluding steroid dienone is 2. The smallest absolute Gasteiger partial charge is 0.167 e. The van der Waals surface area contributed by atoms with Gasteiger partial charge < -0.3 is 4.74 Å². The Balaban J connectivity index is 1.44. The van der Waals surface area contributed by atoms with E-state index in [0.29, 0.717) is 29.2 Å². The first-order chi connectivity index (χ1) is 15.4. The maximum Gasteiger partial charge on any atom is 0.167 e. The molecule has 0 amide bonds. The number of hydrogen-bond acceptors (Lipinski definition) is 1. The van der Waals surface area contributed by atoms with Crippen LogP contribution in [0.15, 0.2) is 54.6 Å². The minimum absolute atomic E-state index is 0.110. The van der Waals surface area contributed by atoms with E-state index in [9.17, 15) is 17.6 Å². The van der Waals surface area contributed by atoms with Gasteiger partial charge in [0.15, 0.2) is 23.3 Å². The molecule has 0 radical (unpaired) electrons. The third-order valence-electron chi connectivity index (χ3n) is 6.40. The van der Waals surface area contributed by atoms with Crippen molar-refractivity contribution in [1.29, 1.82) is 0 Å². The maximum atomic E-state index is 14.9. The van der Waals surface area contributed by atoms with Gasteiger partial charge in [-0.2, -0.15) is 0 Å². The first-order valence-corrected chi connectivity index (χ1v) is 10.8. The Morgan fingerprint density at radius 3 is 1.81 bits per heavy atom. The van der Waals surface area contributed by atoms with Crippen LogP contribution in [0.4, 0.5) is 17.6 Å². The Morgan fingerprint density at radius 2 is 1.25 bits per heavy atom. The van der Waals surface area contributed by atoms with Crippen LogP contribution in [0.5, 0.6) is 0 Å². The van der Waals surface area contributed by atoms with Crippen LogP contribution in [0.25, 0.3) is 27.8 Å². The quantitative estimate of drug-likeness (QED) is 0.298. The Bertz CT molecular complexity index is 1210. The summed E-state index contributed by atoms with van der Waals surface area (Å²) in [4.78, 5) is 0.